The minimum absolute atomic E-state index is 0.156. The largest absolute Gasteiger partial charge is 0.477 e. The highest BCUT2D eigenvalue weighted by molar-refractivity contribution is 9.11. The molecule has 2 N–H and O–H groups in total. The average Bonchev–Trinajstić information content (AvgIpc) is 2.95. The molecule has 0 aromatic carbocycles. The number of pyridine rings is 1. The van der Waals surface area contributed by atoms with Gasteiger partial charge in [0, 0.05) is 16.1 Å². The van der Waals surface area contributed by atoms with Gasteiger partial charge in [-0.3, -0.25) is 4.79 Å². The minimum atomic E-state index is -4.27. The highest BCUT2D eigenvalue weighted by Gasteiger charge is 2.45. The number of aryl methyl sites for hydroxylation is 1. The summed E-state index contributed by atoms with van der Waals surface area (Å²) in [5.74, 6) is -1.39. The van der Waals surface area contributed by atoms with Crippen LogP contribution in [0.2, 0.25) is 0 Å². The number of aromatic nitrogens is 2. The number of aromatic amines is 1. The second-order valence-electron chi connectivity index (χ2n) is 6.68. The maximum Gasteiger partial charge on any atom is 0.353 e. The van der Waals surface area contributed by atoms with Gasteiger partial charge in [0.1, 0.15) is 16.0 Å². The summed E-state index contributed by atoms with van der Waals surface area (Å²) in [7, 11) is -4.27. The van der Waals surface area contributed by atoms with Crippen molar-refractivity contribution < 1.29 is 18.3 Å². The van der Waals surface area contributed by atoms with Gasteiger partial charge < -0.3 is 10.1 Å². The maximum absolute atomic E-state index is 13.7. The molecule has 2 aromatic rings. The van der Waals surface area contributed by atoms with Gasteiger partial charge in [0.25, 0.3) is 5.56 Å². The fourth-order valence-electron chi connectivity index (χ4n) is 3.47. The second-order valence-corrected chi connectivity index (χ2v) is 9.81. The van der Waals surface area contributed by atoms with Crippen LogP contribution in [0.5, 0.6) is 0 Å². The van der Waals surface area contributed by atoms with Crippen molar-refractivity contribution in [3.63, 3.8) is 0 Å². The molecule has 0 amide bonds. The SMILES string of the molecule is CCc1c(C(=O)O)n(S(=O)(=O)C2(C)CC=C(Br)C=C2C)c2c(=O)[nH]ccc12. The predicted octanol–water partition coefficient (Wildman–Crippen LogP) is 3.16. The first kappa shape index (κ1) is 19.6. The van der Waals surface area contributed by atoms with Gasteiger partial charge in [-0.15, -0.1) is 0 Å². The molecule has 1 atom stereocenters. The van der Waals surface area contributed by atoms with E-state index in [1.165, 1.54) is 12.3 Å². The zero-order chi connectivity index (χ0) is 20.1. The molecule has 0 saturated carbocycles. The Morgan fingerprint density at radius 1 is 1.44 bits per heavy atom. The van der Waals surface area contributed by atoms with E-state index >= 15 is 0 Å². The lowest BCUT2D eigenvalue weighted by Gasteiger charge is -2.32. The summed E-state index contributed by atoms with van der Waals surface area (Å²) in [6.07, 6.45) is 5.24. The zero-order valence-electron chi connectivity index (χ0n) is 15.0. The number of carboxylic acids is 1. The molecular formula is C18H19BrN2O5S. The normalized spacial score (nSPS) is 20.4. The van der Waals surface area contributed by atoms with Gasteiger partial charge in [-0.2, -0.15) is 0 Å². The van der Waals surface area contributed by atoms with E-state index < -0.39 is 26.3 Å². The molecular weight excluding hydrogens is 436 g/mol. The molecule has 0 radical (unpaired) electrons. The molecule has 7 nitrogen and oxygen atoms in total. The summed E-state index contributed by atoms with van der Waals surface area (Å²) in [6.45, 7) is 4.96. The number of rotatable bonds is 4. The molecule has 0 bridgehead atoms. The number of nitrogens with zero attached hydrogens (tertiary/aromatic N) is 1. The molecule has 144 valence electrons. The topological polar surface area (TPSA) is 109 Å². The Labute approximate surface area is 164 Å². The molecule has 0 spiro atoms. The van der Waals surface area contributed by atoms with Crippen LogP contribution >= 0.6 is 15.9 Å². The molecule has 9 heteroatoms. The van der Waals surface area contributed by atoms with Crippen LogP contribution < -0.4 is 5.56 Å². The lowest BCUT2D eigenvalue weighted by Crippen LogP contribution is -2.43. The van der Waals surface area contributed by atoms with Gasteiger partial charge in [0.05, 0.1) is 0 Å². The van der Waals surface area contributed by atoms with E-state index in [-0.39, 0.29) is 24.1 Å². The van der Waals surface area contributed by atoms with Crippen molar-refractivity contribution in [3.8, 4) is 0 Å². The third kappa shape index (κ3) is 2.71. The van der Waals surface area contributed by atoms with Crippen LogP contribution in [0.25, 0.3) is 10.9 Å². The van der Waals surface area contributed by atoms with Crippen molar-refractivity contribution >= 4 is 42.8 Å². The van der Waals surface area contributed by atoms with Crippen LogP contribution in [-0.4, -0.2) is 33.2 Å². The summed E-state index contributed by atoms with van der Waals surface area (Å²) in [6, 6.07) is 1.54. The maximum atomic E-state index is 13.7. The number of carbonyl (C=O) groups is 1. The first-order chi connectivity index (χ1) is 12.6. The van der Waals surface area contributed by atoms with Crippen molar-refractivity contribution in [2.24, 2.45) is 0 Å². The number of allylic oxidation sites excluding steroid dienone is 3. The monoisotopic (exact) mass is 454 g/mol. The van der Waals surface area contributed by atoms with Gasteiger partial charge in [-0.1, -0.05) is 28.9 Å². The van der Waals surface area contributed by atoms with Crippen LogP contribution in [0.1, 0.15) is 43.2 Å². The number of hydrogen-bond acceptors (Lipinski definition) is 4. The van der Waals surface area contributed by atoms with E-state index in [9.17, 15) is 23.1 Å². The third-order valence-corrected chi connectivity index (χ3v) is 8.22. The summed E-state index contributed by atoms with van der Waals surface area (Å²) >= 11 is 3.34. The Bertz CT molecular complexity index is 1190. The van der Waals surface area contributed by atoms with Crippen LogP contribution in [0, 0.1) is 0 Å². The van der Waals surface area contributed by atoms with Gasteiger partial charge in [-0.25, -0.2) is 17.2 Å². The fraction of sp³-hybridized carbons (Fsp3) is 0.333. The van der Waals surface area contributed by atoms with Crippen molar-refractivity contribution in [2.75, 3.05) is 0 Å². The van der Waals surface area contributed by atoms with Gasteiger partial charge in [0.2, 0.25) is 10.0 Å². The second kappa shape index (κ2) is 6.49. The van der Waals surface area contributed by atoms with E-state index in [0.29, 0.717) is 16.5 Å². The predicted molar refractivity (Wildman–Crippen MR) is 107 cm³/mol. The summed E-state index contributed by atoms with van der Waals surface area (Å²) in [5.41, 5.74) is -0.303. The third-order valence-electron chi connectivity index (χ3n) is 5.19. The molecule has 2 aromatic heterocycles. The molecule has 1 unspecified atom stereocenters. The number of nitrogens with one attached hydrogen (secondary N) is 1. The standard InChI is InChI=1S/C18H19BrN2O5S/c1-4-12-13-6-8-20-16(22)14(13)21(15(12)17(23)24)27(25,26)18(3)7-5-11(19)9-10(18)2/h5-6,8-9H,4,7H2,1-3H3,(H,20,22)(H,23,24). The van der Waals surface area contributed by atoms with Crippen molar-refractivity contribution in [2.45, 2.75) is 38.4 Å². The van der Waals surface area contributed by atoms with E-state index in [2.05, 4.69) is 20.9 Å². The summed E-state index contributed by atoms with van der Waals surface area (Å²) in [5, 5.41) is 10.1. The smallest absolute Gasteiger partial charge is 0.353 e. The van der Waals surface area contributed by atoms with Crippen LogP contribution in [0.3, 0.4) is 0 Å². The average molecular weight is 455 g/mol. The molecule has 3 rings (SSSR count). The lowest BCUT2D eigenvalue weighted by molar-refractivity contribution is 0.0688. The number of carboxylic acid groups (broad SMARTS) is 1. The zero-order valence-corrected chi connectivity index (χ0v) is 17.4. The first-order valence-corrected chi connectivity index (χ1v) is 10.6. The van der Waals surface area contributed by atoms with Gasteiger partial charge >= 0.3 is 5.97 Å². The van der Waals surface area contributed by atoms with Crippen LogP contribution in [-0.2, 0) is 16.4 Å². The van der Waals surface area contributed by atoms with Gasteiger partial charge in [0.15, 0.2) is 0 Å². The molecule has 27 heavy (non-hydrogen) atoms. The van der Waals surface area contributed by atoms with E-state index in [4.69, 9.17) is 0 Å². The quantitative estimate of drug-likeness (QED) is 0.736. The highest BCUT2D eigenvalue weighted by Crippen LogP contribution is 2.40. The number of halogens is 1. The number of hydrogen-bond donors (Lipinski definition) is 2. The highest BCUT2D eigenvalue weighted by atomic mass is 79.9. The minimum Gasteiger partial charge on any atom is -0.477 e. The Hall–Kier alpha value is -2.13. The molecule has 0 saturated heterocycles. The van der Waals surface area contributed by atoms with Crippen molar-refractivity contribution in [1.29, 1.82) is 0 Å². The molecule has 0 aliphatic heterocycles. The Kier molecular flexibility index (Phi) is 4.72. The van der Waals surface area contributed by atoms with E-state index in [0.717, 1.165) is 8.45 Å². The van der Waals surface area contributed by atoms with Crippen molar-refractivity contribution in [1.82, 2.24) is 8.96 Å². The molecule has 2 heterocycles. The summed E-state index contributed by atoms with van der Waals surface area (Å²) < 4.78 is 27.5. The Morgan fingerprint density at radius 2 is 2.11 bits per heavy atom. The molecule has 0 fully saturated rings. The number of fused-ring (bicyclic) bond motifs is 1. The summed E-state index contributed by atoms with van der Waals surface area (Å²) in [4.78, 5) is 27.0. The van der Waals surface area contributed by atoms with Crippen molar-refractivity contribution in [3.05, 3.63) is 56.1 Å². The Morgan fingerprint density at radius 3 is 2.67 bits per heavy atom. The van der Waals surface area contributed by atoms with Gasteiger partial charge in [-0.05, 0) is 50.0 Å². The van der Waals surface area contributed by atoms with E-state index in [1.807, 2.05) is 0 Å². The lowest BCUT2D eigenvalue weighted by atomic mass is 9.94. The van der Waals surface area contributed by atoms with E-state index in [1.54, 1.807) is 32.9 Å². The van der Waals surface area contributed by atoms with Crippen LogP contribution in [0.4, 0.5) is 0 Å². The Balaban J connectivity index is 2.48. The number of aromatic carboxylic acids is 1. The molecule has 1 aliphatic carbocycles. The molecule has 1 aliphatic rings. The fourth-order valence-corrected chi connectivity index (χ4v) is 5.99. The number of H-pyrrole nitrogens is 1. The van der Waals surface area contributed by atoms with Crippen LogP contribution in [0.15, 0.2) is 39.3 Å². The first-order valence-electron chi connectivity index (χ1n) is 8.34.